The molecule has 0 saturated carbocycles. The standard InChI is InChI=1S/C24H32ClN3O4/c1-24(2,3)32-23(30)27(4)16-17-11-13-28(14-12-17)22(29)10-9-21-26-15-20(31-21)18-7-5-6-8-19(18)25/h5-8,15,17H,9-14,16H2,1-4H3. The summed E-state index contributed by atoms with van der Waals surface area (Å²) in [6.45, 7) is 7.61. The number of carbonyl (C=O) groups excluding carboxylic acids is 2. The molecule has 1 aliphatic rings. The predicted octanol–water partition coefficient (Wildman–Crippen LogP) is 5.03. The Morgan fingerprint density at radius 3 is 2.59 bits per heavy atom. The number of hydrogen-bond acceptors (Lipinski definition) is 5. The largest absolute Gasteiger partial charge is 0.444 e. The molecule has 0 spiro atoms. The maximum absolute atomic E-state index is 12.6. The lowest BCUT2D eigenvalue weighted by Gasteiger charge is -2.34. The number of hydrogen-bond donors (Lipinski definition) is 0. The molecule has 2 heterocycles. The Balaban J connectivity index is 1.42. The molecule has 1 aromatic heterocycles. The third-order valence-corrected chi connectivity index (χ3v) is 5.78. The van der Waals surface area contributed by atoms with Crippen molar-refractivity contribution in [3.63, 3.8) is 0 Å². The number of amides is 2. The van der Waals surface area contributed by atoms with Crippen LogP contribution in [-0.2, 0) is 16.0 Å². The highest BCUT2D eigenvalue weighted by Crippen LogP contribution is 2.28. The number of aryl methyl sites for hydroxylation is 1. The molecule has 0 bridgehead atoms. The van der Waals surface area contributed by atoms with Crippen LogP contribution in [-0.4, -0.2) is 59.1 Å². The van der Waals surface area contributed by atoms with Gasteiger partial charge in [-0.15, -0.1) is 0 Å². The molecule has 2 aromatic rings. The monoisotopic (exact) mass is 461 g/mol. The summed E-state index contributed by atoms with van der Waals surface area (Å²) in [6.07, 6.45) is 3.88. The van der Waals surface area contributed by atoms with Crippen LogP contribution in [0.3, 0.4) is 0 Å². The van der Waals surface area contributed by atoms with Gasteiger partial charge < -0.3 is 19.0 Å². The van der Waals surface area contributed by atoms with Gasteiger partial charge in [-0.3, -0.25) is 4.79 Å². The third-order valence-electron chi connectivity index (χ3n) is 5.45. The second-order valence-corrected chi connectivity index (χ2v) is 9.69. The highest BCUT2D eigenvalue weighted by Gasteiger charge is 2.26. The zero-order chi connectivity index (χ0) is 23.3. The first-order chi connectivity index (χ1) is 15.1. The highest BCUT2D eigenvalue weighted by atomic mass is 35.5. The average molecular weight is 462 g/mol. The SMILES string of the molecule is CN(CC1CCN(C(=O)CCc2ncc(-c3ccccc3Cl)o2)CC1)C(=O)OC(C)(C)C. The lowest BCUT2D eigenvalue weighted by Crippen LogP contribution is -2.43. The lowest BCUT2D eigenvalue weighted by atomic mass is 9.96. The number of oxazole rings is 1. The van der Waals surface area contributed by atoms with Gasteiger partial charge in [-0.05, 0) is 51.7 Å². The molecule has 7 nitrogen and oxygen atoms in total. The number of likely N-dealkylation sites (tertiary alicyclic amines) is 1. The predicted molar refractivity (Wildman–Crippen MR) is 123 cm³/mol. The Kier molecular flexibility index (Phi) is 7.82. The summed E-state index contributed by atoms with van der Waals surface area (Å²) < 4.78 is 11.2. The molecule has 8 heteroatoms. The number of rotatable bonds is 6. The molecule has 1 saturated heterocycles. The van der Waals surface area contributed by atoms with Crippen molar-refractivity contribution in [3.8, 4) is 11.3 Å². The van der Waals surface area contributed by atoms with E-state index in [0.717, 1.165) is 18.4 Å². The van der Waals surface area contributed by atoms with E-state index in [-0.39, 0.29) is 12.0 Å². The molecule has 0 N–H and O–H groups in total. The zero-order valence-corrected chi connectivity index (χ0v) is 20.0. The summed E-state index contributed by atoms with van der Waals surface area (Å²) in [7, 11) is 1.76. The number of nitrogens with zero attached hydrogens (tertiary/aromatic N) is 3. The highest BCUT2D eigenvalue weighted by molar-refractivity contribution is 6.33. The summed E-state index contributed by atoms with van der Waals surface area (Å²) in [5.74, 6) is 1.60. The maximum Gasteiger partial charge on any atom is 0.410 e. The molecule has 2 amide bonds. The Labute approximate surface area is 194 Å². The van der Waals surface area contributed by atoms with E-state index >= 15 is 0 Å². The molecular weight excluding hydrogens is 430 g/mol. The van der Waals surface area contributed by atoms with Crippen molar-refractivity contribution in [2.24, 2.45) is 5.92 Å². The number of benzene rings is 1. The van der Waals surface area contributed by atoms with E-state index < -0.39 is 5.60 Å². The summed E-state index contributed by atoms with van der Waals surface area (Å²) in [5, 5.41) is 0.603. The molecule has 0 unspecified atom stereocenters. The fourth-order valence-electron chi connectivity index (χ4n) is 3.75. The Morgan fingerprint density at radius 1 is 1.25 bits per heavy atom. The van der Waals surface area contributed by atoms with E-state index in [1.165, 1.54) is 0 Å². The van der Waals surface area contributed by atoms with Crippen molar-refractivity contribution in [2.45, 2.75) is 52.1 Å². The van der Waals surface area contributed by atoms with E-state index in [2.05, 4.69) is 4.98 Å². The molecule has 0 aliphatic carbocycles. The van der Waals surface area contributed by atoms with E-state index in [0.29, 0.717) is 55.1 Å². The third kappa shape index (κ3) is 6.73. The van der Waals surface area contributed by atoms with E-state index in [9.17, 15) is 9.59 Å². The molecule has 1 aliphatic heterocycles. The van der Waals surface area contributed by atoms with E-state index in [1.54, 1.807) is 24.2 Å². The van der Waals surface area contributed by atoms with Crippen LogP contribution in [0.15, 0.2) is 34.9 Å². The van der Waals surface area contributed by atoms with Crippen LogP contribution >= 0.6 is 11.6 Å². The average Bonchev–Trinajstić information content (AvgIpc) is 3.20. The molecule has 0 radical (unpaired) electrons. The number of halogens is 1. The maximum atomic E-state index is 12.6. The van der Waals surface area contributed by atoms with E-state index in [1.807, 2.05) is 43.9 Å². The first-order valence-electron chi connectivity index (χ1n) is 11.0. The smallest absolute Gasteiger partial charge is 0.410 e. The van der Waals surface area contributed by atoms with Crippen molar-refractivity contribution in [1.82, 2.24) is 14.8 Å². The van der Waals surface area contributed by atoms with Gasteiger partial charge in [-0.25, -0.2) is 9.78 Å². The van der Waals surface area contributed by atoms with Crippen molar-refractivity contribution >= 4 is 23.6 Å². The van der Waals surface area contributed by atoms with Crippen molar-refractivity contribution in [3.05, 3.63) is 41.4 Å². The summed E-state index contributed by atoms with van der Waals surface area (Å²) in [6, 6.07) is 7.43. The summed E-state index contributed by atoms with van der Waals surface area (Å²) in [5.41, 5.74) is 0.288. The normalized spacial score (nSPS) is 15.0. The van der Waals surface area contributed by atoms with Gasteiger partial charge in [0, 0.05) is 45.1 Å². The van der Waals surface area contributed by atoms with Crippen LogP contribution < -0.4 is 0 Å². The summed E-state index contributed by atoms with van der Waals surface area (Å²) >= 11 is 6.21. The first-order valence-corrected chi connectivity index (χ1v) is 11.4. The second kappa shape index (κ2) is 10.4. The van der Waals surface area contributed by atoms with Crippen LogP contribution in [0.1, 0.15) is 45.9 Å². The van der Waals surface area contributed by atoms with Crippen LogP contribution in [0.25, 0.3) is 11.3 Å². The zero-order valence-electron chi connectivity index (χ0n) is 19.3. The quantitative estimate of drug-likeness (QED) is 0.602. The minimum Gasteiger partial charge on any atom is -0.444 e. The van der Waals surface area contributed by atoms with Gasteiger partial charge in [0.15, 0.2) is 11.7 Å². The van der Waals surface area contributed by atoms with Crippen LogP contribution in [0.5, 0.6) is 0 Å². The molecule has 3 rings (SSSR count). The van der Waals surface area contributed by atoms with Crippen molar-refractivity contribution < 1.29 is 18.7 Å². The molecular formula is C24H32ClN3O4. The molecule has 0 atom stereocenters. The fraction of sp³-hybridized carbons (Fsp3) is 0.542. The fourth-order valence-corrected chi connectivity index (χ4v) is 3.98. The van der Waals surface area contributed by atoms with Crippen LogP contribution in [0.2, 0.25) is 5.02 Å². The van der Waals surface area contributed by atoms with Gasteiger partial charge in [-0.2, -0.15) is 0 Å². The van der Waals surface area contributed by atoms with Crippen molar-refractivity contribution in [2.75, 3.05) is 26.7 Å². The second-order valence-electron chi connectivity index (χ2n) is 9.28. The Morgan fingerprint density at radius 2 is 1.94 bits per heavy atom. The lowest BCUT2D eigenvalue weighted by molar-refractivity contribution is -0.132. The minimum absolute atomic E-state index is 0.0986. The number of aromatic nitrogens is 1. The Hall–Kier alpha value is -2.54. The minimum atomic E-state index is -0.502. The molecule has 1 aromatic carbocycles. The molecule has 32 heavy (non-hydrogen) atoms. The van der Waals surface area contributed by atoms with Crippen LogP contribution in [0.4, 0.5) is 4.79 Å². The van der Waals surface area contributed by atoms with Gasteiger partial charge in [-0.1, -0.05) is 23.7 Å². The molecule has 1 fully saturated rings. The number of carbonyl (C=O) groups is 2. The van der Waals surface area contributed by atoms with Crippen molar-refractivity contribution in [1.29, 1.82) is 0 Å². The number of piperidine rings is 1. The Bertz CT molecular complexity index is 929. The van der Waals surface area contributed by atoms with Crippen LogP contribution in [0, 0.1) is 5.92 Å². The van der Waals surface area contributed by atoms with Gasteiger partial charge >= 0.3 is 6.09 Å². The topological polar surface area (TPSA) is 75.9 Å². The van der Waals surface area contributed by atoms with Gasteiger partial charge in [0.05, 0.1) is 11.2 Å². The molecule has 174 valence electrons. The van der Waals surface area contributed by atoms with E-state index in [4.69, 9.17) is 20.8 Å². The number of ether oxygens (including phenoxy) is 1. The van der Waals surface area contributed by atoms with Gasteiger partial charge in [0.25, 0.3) is 0 Å². The first kappa shape index (κ1) is 24.1. The van der Waals surface area contributed by atoms with Gasteiger partial charge in [0.2, 0.25) is 5.91 Å². The van der Waals surface area contributed by atoms with Gasteiger partial charge in [0.1, 0.15) is 5.60 Å². The summed E-state index contributed by atoms with van der Waals surface area (Å²) in [4.78, 5) is 32.6.